The Morgan fingerprint density at radius 2 is 1.72 bits per heavy atom. The van der Waals surface area contributed by atoms with Gasteiger partial charge in [-0.25, -0.2) is 4.39 Å². The van der Waals surface area contributed by atoms with Gasteiger partial charge in [0, 0.05) is 0 Å². The van der Waals surface area contributed by atoms with Gasteiger partial charge >= 0.3 is 0 Å². The number of halogens is 1. The molecule has 1 unspecified atom stereocenters. The predicted molar refractivity (Wildman–Crippen MR) is 104 cm³/mol. The van der Waals surface area contributed by atoms with Crippen molar-refractivity contribution in [1.82, 2.24) is 5.32 Å². The third-order valence-electron chi connectivity index (χ3n) is 3.88. The lowest BCUT2D eigenvalue weighted by atomic mass is 9.96. The fourth-order valence-corrected chi connectivity index (χ4v) is 2.71. The predicted octanol–water partition coefficient (Wildman–Crippen LogP) is 4.64. The van der Waals surface area contributed by atoms with Gasteiger partial charge in [-0.3, -0.25) is 4.79 Å². The fourth-order valence-electron chi connectivity index (χ4n) is 2.50. The molecule has 2 N–H and O–H groups in total. The number of rotatable bonds is 5. The molecule has 0 saturated carbocycles. The van der Waals surface area contributed by atoms with E-state index in [1.165, 1.54) is 11.6 Å². The Kier molecular flexibility index (Phi) is 6.65. The lowest BCUT2D eigenvalue weighted by Gasteiger charge is -2.15. The average Bonchev–Trinajstić information content (AvgIpc) is 2.56. The molecule has 0 saturated heterocycles. The van der Waals surface area contributed by atoms with Crippen molar-refractivity contribution in [1.29, 1.82) is 0 Å². The molecule has 5 heteroatoms. The zero-order valence-corrected chi connectivity index (χ0v) is 15.5. The summed E-state index contributed by atoms with van der Waals surface area (Å²) in [5, 5.41) is 5.40. The number of hydrogen-bond donors (Lipinski definition) is 2. The van der Waals surface area contributed by atoms with E-state index in [-0.39, 0.29) is 22.6 Å². The molecule has 0 aliphatic carbocycles. The molecule has 0 aliphatic rings. The number of thiocarbonyl (C=S) groups is 1. The summed E-state index contributed by atoms with van der Waals surface area (Å²) in [5.74, 6) is -0.416. The molecule has 0 bridgehead atoms. The molecule has 0 fully saturated rings. The van der Waals surface area contributed by atoms with E-state index >= 15 is 0 Å². The first-order chi connectivity index (χ1) is 11.9. The molecule has 0 aromatic heterocycles. The highest BCUT2D eigenvalue weighted by Gasteiger charge is 2.17. The molecule has 132 valence electrons. The SMILES string of the molecule is CC(C)Cc1ccc(C(C)C(=O)NC(=S)Nc2ccccc2F)cc1. The van der Waals surface area contributed by atoms with Crippen molar-refractivity contribution in [3.05, 3.63) is 65.5 Å². The zero-order valence-electron chi connectivity index (χ0n) is 14.7. The van der Waals surface area contributed by atoms with Crippen LogP contribution in [0.1, 0.15) is 37.8 Å². The number of anilines is 1. The Hall–Kier alpha value is -2.27. The first-order valence-corrected chi connectivity index (χ1v) is 8.73. The van der Waals surface area contributed by atoms with Gasteiger partial charge in [0.1, 0.15) is 5.82 Å². The van der Waals surface area contributed by atoms with Crippen molar-refractivity contribution >= 4 is 28.9 Å². The molecule has 1 atom stereocenters. The molecule has 2 aromatic carbocycles. The maximum Gasteiger partial charge on any atom is 0.233 e. The molecule has 1 amide bonds. The third-order valence-corrected chi connectivity index (χ3v) is 4.08. The quantitative estimate of drug-likeness (QED) is 0.765. The van der Waals surface area contributed by atoms with E-state index in [1.807, 2.05) is 19.1 Å². The monoisotopic (exact) mass is 358 g/mol. The van der Waals surface area contributed by atoms with Gasteiger partial charge in [0.2, 0.25) is 5.91 Å². The summed E-state index contributed by atoms with van der Waals surface area (Å²) in [5.41, 5.74) is 2.40. The van der Waals surface area contributed by atoms with Crippen LogP contribution in [0, 0.1) is 11.7 Å². The second-order valence-corrected chi connectivity index (χ2v) is 6.89. The summed E-state index contributed by atoms with van der Waals surface area (Å²) in [6.45, 7) is 6.17. The Bertz CT molecular complexity index is 744. The van der Waals surface area contributed by atoms with Crippen LogP contribution in [0.4, 0.5) is 10.1 Å². The summed E-state index contributed by atoms with van der Waals surface area (Å²) < 4.78 is 13.6. The summed E-state index contributed by atoms with van der Waals surface area (Å²) in [6, 6.07) is 14.2. The van der Waals surface area contributed by atoms with Gasteiger partial charge in [-0.05, 0) is 54.7 Å². The van der Waals surface area contributed by atoms with E-state index in [2.05, 4.69) is 36.6 Å². The van der Waals surface area contributed by atoms with E-state index in [0.717, 1.165) is 12.0 Å². The van der Waals surface area contributed by atoms with Crippen LogP contribution in [0.15, 0.2) is 48.5 Å². The van der Waals surface area contributed by atoms with Crippen LogP contribution < -0.4 is 10.6 Å². The van der Waals surface area contributed by atoms with Crippen molar-refractivity contribution in [2.45, 2.75) is 33.1 Å². The highest BCUT2D eigenvalue weighted by molar-refractivity contribution is 7.80. The van der Waals surface area contributed by atoms with Gasteiger partial charge in [0.05, 0.1) is 11.6 Å². The first kappa shape index (κ1) is 19.1. The van der Waals surface area contributed by atoms with Crippen LogP contribution in [0.25, 0.3) is 0 Å². The molecular weight excluding hydrogens is 335 g/mol. The van der Waals surface area contributed by atoms with Gasteiger partial charge < -0.3 is 10.6 Å². The average molecular weight is 358 g/mol. The second kappa shape index (κ2) is 8.72. The number of para-hydroxylation sites is 1. The lowest BCUT2D eigenvalue weighted by Crippen LogP contribution is -2.36. The lowest BCUT2D eigenvalue weighted by molar-refractivity contribution is -0.120. The van der Waals surface area contributed by atoms with E-state index in [0.29, 0.717) is 5.92 Å². The van der Waals surface area contributed by atoms with E-state index in [1.54, 1.807) is 18.2 Å². The molecular formula is C20H23FN2OS. The van der Waals surface area contributed by atoms with Gasteiger partial charge in [0.15, 0.2) is 5.11 Å². The van der Waals surface area contributed by atoms with Crippen LogP contribution in [-0.2, 0) is 11.2 Å². The van der Waals surface area contributed by atoms with E-state index < -0.39 is 5.82 Å². The van der Waals surface area contributed by atoms with Gasteiger partial charge in [-0.15, -0.1) is 0 Å². The number of carbonyl (C=O) groups excluding carboxylic acids is 1. The molecule has 3 nitrogen and oxygen atoms in total. The smallest absolute Gasteiger partial charge is 0.233 e. The highest BCUT2D eigenvalue weighted by Crippen LogP contribution is 2.18. The van der Waals surface area contributed by atoms with Crippen LogP contribution >= 0.6 is 12.2 Å². The van der Waals surface area contributed by atoms with Crippen LogP contribution in [-0.4, -0.2) is 11.0 Å². The number of amides is 1. The van der Waals surface area contributed by atoms with Crippen molar-refractivity contribution in [3.63, 3.8) is 0 Å². The maximum absolute atomic E-state index is 13.6. The van der Waals surface area contributed by atoms with Crippen LogP contribution in [0.5, 0.6) is 0 Å². The molecule has 0 spiro atoms. The largest absolute Gasteiger partial charge is 0.330 e. The fraction of sp³-hybridized carbons (Fsp3) is 0.300. The zero-order chi connectivity index (χ0) is 18.4. The third kappa shape index (κ3) is 5.64. The Balaban J connectivity index is 1.95. The van der Waals surface area contributed by atoms with E-state index in [9.17, 15) is 9.18 Å². The Labute approximate surface area is 153 Å². The normalized spacial score (nSPS) is 11.9. The summed E-state index contributed by atoms with van der Waals surface area (Å²) in [6.07, 6.45) is 1.01. The summed E-state index contributed by atoms with van der Waals surface area (Å²) in [4.78, 5) is 12.4. The highest BCUT2D eigenvalue weighted by atomic mass is 32.1. The molecule has 0 radical (unpaired) electrons. The molecule has 2 rings (SSSR count). The topological polar surface area (TPSA) is 41.1 Å². The second-order valence-electron chi connectivity index (χ2n) is 6.48. The van der Waals surface area contributed by atoms with Gasteiger partial charge in [-0.1, -0.05) is 50.2 Å². The van der Waals surface area contributed by atoms with Crippen molar-refractivity contribution in [3.8, 4) is 0 Å². The summed E-state index contributed by atoms with van der Waals surface area (Å²) >= 11 is 5.10. The van der Waals surface area contributed by atoms with Crippen LogP contribution in [0.3, 0.4) is 0 Å². The molecule has 0 aliphatic heterocycles. The molecule has 25 heavy (non-hydrogen) atoms. The van der Waals surface area contributed by atoms with E-state index in [4.69, 9.17) is 12.2 Å². The minimum absolute atomic E-state index is 0.0818. The number of hydrogen-bond acceptors (Lipinski definition) is 2. The Morgan fingerprint density at radius 3 is 2.32 bits per heavy atom. The molecule has 0 heterocycles. The molecule has 2 aromatic rings. The number of nitrogens with one attached hydrogen (secondary N) is 2. The summed E-state index contributed by atoms with van der Waals surface area (Å²) in [7, 11) is 0. The van der Waals surface area contributed by atoms with Crippen molar-refractivity contribution < 1.29 is 9.18 Å². The first-order valence-electron chi connectivity index (χ1n) is 8.32. The number of carbonyl (C=O) groups is 1. The Morgan fingerprint density at radius 1 is 1.08 bits per heavy atom. The van der Waals surface area contributed by atoms with Crippen molar-refractivity contribution in [2.24, 2.45) is 5.92 Å². The van der Waals surface area contributed by atoms with Gasteiger partial charge in [0.25, 0.3) is 0 Å². The standard InChI is InChI=1S/C20H23FN2OS/c1-13(2)12-15-8-10-16(11-9-15)14(3)19(24)23-20(25)22-18-7-5-4-6-17(18)21/h4-11,13-14H,12H2,1-3H3,(H2,22,23,24,25). The maximum atomic E-state index is 13.6. The minimum atomic E-state index is -0.423. The number of benzene rings is 2. The minimum Gasteiger partial charge on any atom is -0.330 e. The van der Waals surface area contributed by atoms with Crippen LogP contribution in [0.2, 0.25) is 0 Å². The van der Waals surface area contributed by atoms with Crippen molar-refractivity contribution in [2.75, 3.05) is 5.32 Å². The van der Waals surface area contributed by atoms with Gasteiger partial charge in [-0.2, -0.15) is 0 Å².